The largest absolute Gasteiger partial charge is 0.481 e. The van der Waals surface area contributed by atoms with E-state index in [1.165, 1.54) is 0 Å². The Hall–Kier alpha value is -0.840. The van der Waals surface area contributed by atoms with Gasteiger partial charge in [0.05, 0.1) is 12.1 Å². The van der Waals surface area contributed by atoms with E-state index in [0.29, 0.717) is 0 Å². The summed E-state index contributed by atoms with van der Waals surface area (Å²) in [5.41, 5.74) is 2.04. The summed E-state index contributed by atoms with van der Waals surface area (Å²) in [5.74, 6) is -0.611. The molecule has 15 heavy (non-hydrogen) atoms. The fourth-order valence-corrected chi connectivity index (χ4v) is 2.96. The number of hydrogen-bond donors (Lipinski definition) is 1. The predicted molar refractivity (Wildman–Crippen MR) is 58.9 cm³/mol. The molecule has 1 N–H and O–H groups in total. The van der Waals surface area contributed by atoms with Gasteiger partial charge >= 0.3 is 5.97 Å². The van der Waals surface area contributed by atoms with Gasteiger partial charge in [-0.1, -0.05) is 0 Å². The molecule has 1 aliphatic heterocycles. The number of nitrogens with zero attached hydrogens (tertiary/aromatic N) is 2. The molecule has 2 rings (SSSR count). The molecule has 0 spiro atoms. The van der Waals surface area contributed by atoms with Gasteiger partial charge in [-0.05, 0) is 35.7 Å². The fraction of sp³-hybridized carbons (Fsp3) is 0.600. The number of hydrogen-bond acceptors (Lipinski definition) is 2. The number of rotatable bonds is 2. The molecule has 0 bridgehead atoms. The topological polar surface area (TPSA) is 55.1 Å². The highest BCUT2D eigenvalue weighted by Crippen LogP contribution is 2.34. The summed E-state index contributed by atoms with van der Waals surface area (Å²) in [6, 6.07) is 0. The second kappa shape index (κ2) is 3.96. The molecule has 1 aromatic rings. The Morgan fingerprint density at radius 2 is 2.47 bits per heavy atom. The molecule has 0 saturated carbocycles. The molecular formula is C10H13BrN2O2. The monoisotopic (exact) mass is 272 g/mol. The number of carbonyl (C=O) groups is 1. The molecule has 1 unspecified atom stereocenters. The summed E-state index contributed by atoms with van der Waals surface area (Å²) in [5, 5.41) is 8.85. The summed E-state index contributed by atoms with van der Waals surface area (Å²) in [6.45, 7) is 2.88. The van der Waals surface area contributed by atoms with Gasteiger partial charge in [0.15, 0.2) is 4.73 Å². The third-order valence-electron chi connectivity index (χ3n) is 2.89. The predicted octanol–water partition coefficient (Wildman–Crippen LogP) is 2.31. The van der Waals surface area contributed by atoms with Crippen molar-refractivity contribution in [3.8, 4) is 0 Å². The molecule has 1 atom stereocenters. The van der Waals surface area contributed by atoms with Gasteiger partial charge in [-0.3, -0.25) is 4.79 Å². The Morgan fingerprint density at radius 1 is 1.73 bits per heavy atom. The summed E-state index contributed by atoms with van der Waals surface area (Å²) in [7, 11) is 0. The zero-order valence-electron chi connectivity index (χ0n) is 8.53. The minimum absolute atomic E-state index is 0.120. The van der Waals surface area contributed by atoms with E-state index >= 15 is 0 Å². The Morgan fingerprint density at radius 3 is 3.13 bits per heavy atom. The van der Waals surface area contributed by atoms with Crippen molar-refractivity contribution in [1.29, 1.82) is 0 Å². The van der Waals surface area contributed by atoms with Crippen LogP contribution < -0.4 is 0 Å². The van der Waals surface area contributed by atoms with Crippen molar-refractivity contribution in [2.45, 2.75) is 38.6 Å². The standard InChI is InChI=1S/C10H13BrN2O2/c1-6-9-7(5-8(14)15)3-2-4-13(9)10(11)12-6/h7H,2-5H2,1H3,(H,14,15). The highest BCUT2D eigenvalue weighted by molar-refractivity contribution is 9.10. The average molecular weight is 273 g/mol. The van der Waals surface area contributed by atoms with Crippen molar-refractivity contribution in [2.24, 2.45) is 0 Å². The lowest BCUT2D eigenvalue weighted by Gasteiger charge is -2.24. The number of carboxylic acid groups (broad SMARTS) is 1. The van der Waals surface area contributed by atoms with Crippen LogP contribution in [0.4, 0.5) is 0 Å². The van der Waals surface area contributed by atoms with Crippen molar-refractivity contribution in [3.05, 3.63) is 16.1 Å². The second-order valence-electron chi connectivity index (χ2n) is 3.94. The number of imidazole rings is 1. The highest BCUT2D eigenvalue weighted by Gasteiger charge is 2.27. The lowest BCUT2D eigenvalue weighted by atomic mass is 9.91. The van der Waals surface area contributed by atoms with Crippen LogP contribution in [-0.2, 0) is 11.3 Å². The smallest absolute Gasteiger partial charge is 0.304 e. The van der Waals surface area contributed by atoms with Crippen molar-refractivity contribution in [1.82, 2.24) is 9.55 Å². The van der Waals surface area contributed by atoms with E-state index in [2.05, 4.69) is 25.5 Å². The molecular weight excluding hydrogens is 260 g/mol. The molecule has 0 aromatic carbocycles. The van der Waals surface area contributed by atoms with Crippen LogP contribution >= 0.6 is 15.9 Å². The third-order valence-corrected chi connectivity index (χ3v) is 3.49. The third kappa shape index (κ3) is 1.93. The van der Waals surface area contributed by atoms with E-state index in [1.807, 2.05) is 6.92 Å². The van der Waals surface area contributed by atoms with Gasteiger partial charge in [-0.25, -0.2) is 4.98 Å². The zero-order valence-corrected chi connectivity index (χ0v) is 10.1. The van der Waals surface area contributed by atoms with Crippen LogP contribution in [0.5, 0.6) is 0 Å². The summed E-state index contributed by atoms with van der Waals surface area (Å²) >= 11 is 3.40. The molecule has 1 aromatic heterocycles. The summed E-state index contributed by atoms with van der Waals surface area (Å²) < 4.78 is 2.91. The zero-order chi connectivity index (χ0) is 11.0. The molecule has 5 heteroatoms. The Labute approximate surface area is 96.4 Å². The van der Waals surface area contributed by atoms with E-state index in [0.717, 1.165) is 35.5 Å². The van der Waals surface area contributed by atoms with Crippen LogP contribution in [-0.4, -0.2) is 20.6 Å². The Balaban J connectivity index is 2.37. The van der Waals surface area contributed by atoms with Crippen LogP contribution in [0.15, 0.2) is 4.73 Å². The number of aliphatic carboxylic acids is 1. The van der Waals surface area contributed by atoms with Crippen molar-refractivity contribution < 1.29 is 9.90 Å². The first-order valence-electron chi connectivity index (χ1n) is 5.04. The Bertz CT molecular complexity index is 400. The minimum atomic E-state index is -0.731. The molecule has 0 saturated heterocycles. The summed E-state index contributed by atoms with van der Waals surface area (Å²) in [4.78, 5) is 15.1. The first-order chi connectivity index (χ1) is 7.09. The average Bonchev–Trinajstić information content (AvgIpc) is 2.43. The van der Waals surface area contributed by atoms with Crippen LogP contribution in [0.3, 0.4) is 0 Å². The van der Waals surface area contributed by atoms with Crippen LogP contribution in [0.2, 0.25) is 0 Å². The second-order valence-corrected chi connectivity index (χ2v) is 4.65. The molecule has 0 aliphatic carbocycles. The van der Waals surface area contributed by atoms with Gasteiger partial charge in [0.1, 0.15) is 0 Å². The van der Waals surface area contributed by atoms with E-state index in [9.17, 15) is 4.79 Å². The maximum Gasteiger partial charge on any atom is 0.304 e. The van der Waals surface area contributed by atoms with E-state index in [-0.39, 0.29) is 12.3 Å². The first-order valence-corrected chi connectivity index (χ1v) is 5.83. The Kier molecular flexibility index (Phi) is 2.82. The lowest BCUT2D eigenvalue weighted by Crippen LogP contribution is -2.18. The number of carboxylic acids is 1. The van der Waals surface area contributed by atoms with Gasteiger partial charge in [0.2, 0.25) is 0 Å². The summed E-state index contributed by atoms with van der Waals surface area (Å²) in [6.07, 6.45) is 2.18. The molecule has 0 fully saturated rings. The maximum atomic E-state index is 10.8. The van der Waals surface area contributed by atoms with E-state index < -0.39 is 5.97 Å². The SMILES string of the molecule is Cc1nc(Br)n2c1C(CC(=O)O)CCC2. The molecule has 2 heterocycles. The molecule has 82 valence electrons. The van der Waals surface area contributed by atoms with Crippen molar-refractivity contribution >= 4 is 21.9 Å². The van der Waals surface area contributed by atoms with E-state index in [4.69, 9.17) is 5.11 Å². The lowest BCUT2D eigenvalue weighted by molar-refractivity contribution is -0.137. The van der Waals surface area contributed by atoms with Crippen molar-refractivity contribution in [3.63, 3.8) is 0 Å². The number of fused-ring (bicyclic) bond motifs is 1. The molecule has 0 radical (unpaired) electrons. The fourth-order valence-electron chi connectivity index (χ4n) is 2.32. The first kappa shape index (κ1) is 10.7. The quantitative estimate of drug-likeness (QED) is 0.899. The van der Waals surface area contributed by atoms with E-state index in [1.54, 1.807) is 0 Å². The minimum Gasteiger partial charge on any atom is -0.481 e. The van der Waals surface area contributed by atoms with Crippen LogP contribution in [0.25, 0.3) is 0 Å². The maximum absolute atomic E-state index is 10.8. The number of aryl methyl sites for hydroxylation is 1. The van der Waals surface area contributed by atoms with Gasteiger partial charge in [-0.15, -0.1) is 0 Å². The van der Waals surface area contributed by atoms with Gasteiger partial charge in [0.25, 0.3) is 0 Å². The van der Waals surface area contributed by atoms with Crippen LogP contribution in [0, 0.1) is 6.92 Å². The van der Waals surface area contributed by atoms with Crippen LogP contribution in [0.1, 0.15) is 36.6 Å². The number of halogens is 1. The number of aromatic nitrogens is 2. The van der Waals surface area contributed by atoms with Gasteiger partial charge in [0, 0.05) is 18.2 Å². The highest BCUT2D eigenvalue weighted by atomic mass is 79.9. The molecule has 1 aliphatic rings. The molecule has 4 nitrogen and oxygen atoms in total. The normalized spacial score (nSPS) is 20.0. The van der Waals surface area contributed by atoms with Gasteiger partial charge < -0.3 is 9.67 Å². The molecule has 0 amide bonds. The van der Waals surface area contributed by atoms with Crippen molar-refractivity contribution in [2.75, 3.05) is 0 Å². The van der Waals surface area contributed by atoms with Gasteiger partial charge in [-0.2, -0.15) is 0 Å².